The Hall–Kier alpha value is -3.33. The van der Waals surface area contributed by atoms with Gasteiger partial charge in [0.1, 0.15) is 4.83 Å². The summed E-state index contributed by atoms with van der Waals surface area (Å²) in [5, 5.41) is 8.49. The van der Waals surface area contributed by atoms with Crippen LogP contribution in [0.1, 0.15) is 21.1 Å². The maximum atomic E-state index is 12.8. The summed E-state index contributed by atoms with van der Waals surface area (Å²) >= 11 is 1.20. The molecule has 8 nitrogen and oxygen atoms in total. The molecule has 0 aliphatic heterocycles. The molecule has 0 bridgehead atoms. The van der Waals surface area contributed by atoms with Gasteiger partial charge in [0.25, 0.3) is 11.5 Å². The number of nitrogens with zero attached hydrogens (tertiary/aromatic N) is 4. The van der Waals surface area contributed by atoms with Gasteiger partial charge >= 0.3 is 0 Å². The SMILES string of the molecule is Cc1c(C(=O)N(C)Cc2nnc(-c3ccccc3)o2)sc2nc[nH]c(=O)c12. The molecule has 136 valence electrons. The van der Waals surface area contributed by atoms with Gasteiger partial charge in [0.15, 0.2) is 0 Å². The molecule has 3 heterocycles. The number of aromatic nitrogens is 4. The first kappa shape index (κ1) is 17.1. The topological polar surface area (TPSA) is 105 Å². The molecule has 3 aromatic heterocycles. The van der Waals surface area contributed by atoms with Gasteiger partial charge in [-0.05, 0) is 24.6 Å². The largest absolute Gasteiger partial charge is 0.419 e. The Kier molecular flexibility index (Phi) is 4.28. The molecule has 27 heavy (non-hydrogen) atoms. The molecular weight excluding hydrogens is 366 g/mol. The summed E-state index contributed by atoms with van der Waals surface area (Å²) in [4.78, 5) is 34.0. The summed E-state index contributed by atoms with van der Waals surface area (Å²) in [6, 6.07) is 9.42. The van der Waals surface area contributed by atoms with E-state index in [0.29, 0.717) is 32.4 Å². The molecule has 1 N–H and O–H groups in total. The van der Waals surface area contributed by atoms with Gasteiger partial charge in [-0.25, -0.2) is 4.98 Å². The van der Waals surface area contributed by atoms with Gasteiger partial charge in [-0.15, -0.1) is 21.5 Å². The van der Waals surface area contributed by atoms with Crippen LogP contribution in [-0.4, -0.2) is 38.0 Å². The lowest BCUT2D eigenvalue weighted by Gasteiger charge is -2.14. The van der Waals surface area contributed by atoms with Gasteiger partial charge in [-0.1, -0.05) is 18.2 Å². The van der Waals surface area contributed by atoms with Crippen LogP contribution in [0.15, 0.2) is 45.9 Å². The van der Waals surface area contributed by atoms with Crippen molar-refractivity contribution >= 4 is 27.5 Å². The number of hydrogen-bond donors (Lipinski definition) is 1. The molecule has 0 radical (unpaired) electrons. The molecule has 0 saturated carbocycles. The first-order chi connectivity index (χ1) is 13.0. The van der Waals surface area contributed by atoms with Crippen LogP contribution < -0.4 is 5.56 Å². The molecule has 4 rings (SSSR count). The Morgan fingerprint density at radius 3 is 2.78 bits per heavy atom. The number of nitrogens with one attached hydrogen (secondary N) is 1. The summed E-state index contributed by atoms with van der Waals surface area (Å²) < 4.78 is 5.65. The number of hydrogen-bond acceptors (Lipinski definition) is 7. The maximum Gasteiger partial charge on any atom is 0.264 e. The average Bonchev–Trinajstić information content (AvgIpc) is 3.27. The summed E-state index contributed by atoms with van der Waals surface area (Å²) in [5.41, 5.74) is 1.19. The average molecular weight is 381 g/mol. The standard InChI is InChI=1S/C18H15N5O3S/c1-10-13-15(24)19-9-20-17(13)27-14(10)18(25)23(2)8-12-21-22-16(26-12)11-6-4-3-5-7-11/h3-7,9H,8H2,1-2H3,(H,19,20,24). The van der Waals surface area contributed by atoms with Gasteiger partial charge in [0, 0.05) is 12.6 Å². The van der Waals surface area contributed by atoms with Gasteiger partial charge in [0.2, 0.25) is 11.8 Å². The fraction of sp³-hybridized carbons (Fsp3) is 0.167. The number of aromatic amines is 1. The van der Waals surface area contributed by atoms with E-state index in [9.17, 15) is 9.59 Å². The summed E-state index contributed by atoms with van der Waals surface area (Å²) in [6.07, 6.45) is 1.34. The highest BCUT2D eigenvalue weighted by atomic mass is 32.1. The van der Waals surface area contributed by atoms with Gasteiger partial charge in [0.05, 0.1) is 23.1 Å². The van der Waals surface area contributed by atoms with Crippen LogP contribution in [0, 0.1) is 6.92 Å². The number of carbonyl (C=O) groups is 1. The second-order valence-electron chi connectivity index (χ2n) is 6.00. The van der Waals surface area contributed by atoms with Crippen molar-refractivity contribution in [3.8, 4) is 11.5 Å². The fourth-order valence-electron chi connectivity index (χ4n) is 2.75. The lowest BCUT2D eigenvalue weighted by Crippen LogP contribution is -2.26. The highest BCUT2D eigenvalue weighted by Gasteiger charge is 2.22. The van der Waals surface area contributed by atoms with E-state index in [2.05, 4.69) is 20.2 Å². The summed E-state index contributed by atoms with van der Waals surface area (Å²) in [6.45, 7) is 1.91. The molecule has 1 aromatic carbocycles. The normalized spacial score (nSPS) is 11.0. The van der Waals surface area contributed by atoms with E-state index in [1.54, 1.807) is 14.0 Å². The number of rotatable bonds is 4. The number of thiophene rings is 1. The minimum Gasteiger partial charge on any atom is -0.419 e. The molecule has 0 spiro atoms. The Labute approximate surface area is 157 Å². The number of benzene rings is 1. The van der Waals surface area contributed by atoms with E-state index < -0.39 is 0 Å². The van der Waals surface area contributed by atoms with Crippen molar-refractivity contribution in [2.24, 2.45) is 0 Å². The van der Waals surface area contributed by atoms with E-state index in [1.165, 1.54) is 22.6 Å². The van der Waals surface area contributed by atoms with Crippen LogP contribution in [0.25, 0.3) is 21.7 Å². The third-order valence-corrected chi connectivity index (χ3v) is 5.32. The lowest BCUT2D eigenvalue weighted by atomic mass is 10.2. The van der Waals surface area contributed by atoms with Crippen LogP contribution in [0.3, 0.4) is 0 Å². The van der Waals surface area contributed by atoms with Crippen LogP contribution >= 0.6 is 11.3 Å². The van der Waals surface area contributed by atoms with Crippen molar-refractivity contribution < 1.29 is 9.21 Å². The van der Waals surface area contributed by atoms with E-state index in [-0.39, 0.29) is 18.0 Å². The summed E-state index contributed by atoms with van der Waals surface area (Å²) in [5.74, 6) is 0.508. The predicted molar refractivity (Wildman–Crippen MR) is 101 cm³/mol. The highest BCUT2D eigenvalue weighted by molar-refractivity contribution is 7.20. The monoisotopic (exact) mass is 381 g/mol. The Bertz CT molecular complexity index is 1180. The van der Waals surface area contributed by atoms with Gasteiger partial charge < -0.3 is 14.3 Å². The molecule has 1 amide bonds. The molecule has 0 atom stereocenters. The lowest BCUT2D eigenvalue weighted by molar-refractivity contribution is 0.0777. The second-order valence-corrected chi connectivity index (χ2v) is 7.00. The highest BCUT2D eigenvalue weighted by Crippen LogP contribution is 2.28. The van der Waals surface area contributed by atoms with Crippen molar-refractivity contribution in [2.75, 3.05) is 7.05 Å². The van der Waals surface area contributed by atoms with Crippen LogP contribution in [0.4, 0.5) is 0 Å². The number of amides is 1. The number of H-pyrrole nitrogens is 1. The molecule has 0 aliphatic rings. The Balaban J connectivity index is 1.57. The van der Waals surface area contributed by atoms with Crippen molar-refractivity contribution in [3.05, 3.63) is 63.3 Å². The van der Waals surface area contributed by atoms with Crippen LogP contribution in [0.5, 0.6) is 0 Å². The first-order valence-electron chi connectivity index (χ1n) is 8.14. The number of fused-ring (bicyclic) bond motifs is 1. The maximum absolute atomic E-state index is 12.8. The van der Waals surface area contributed by atoms with E-state index >= 15 is 0 Å². The van der Waals surface area contributed by atoms with Crippen molar-refractivity contribution in [1.82, 2.24) is 25.1 Å². The molecule has 0 unspecified atom stereocenters. The quantitative estimate of drug-likeness (QED) is 0.583. The zero-order valence-electron chi connectivity index (χ0n) is 14.6. The fourth-order valence-corrected chi connectivity index (χ4v) is 3.89. The van der Waals surface area contributed by atoms with E-state index in [4.69, 9.17) is 4.42 Å². The Morgan fingerprint density at radius 2 is 2.04 bits per heavy atom. The minimum atomic E-state index is -0.250. The number of carbonyl (C=O) groups excluding carboxylic acids is 1. The molecule has 0 saturated heterocycles. The van der Waals surface area contributed by atoms with Crippen molar-refractivity contribution in [1.29, 1.82) is 0 Å². The predicted octanol–water partition coefficient (Wildman–Crippen LogP) is 2.62. The number of aryl methyl sites for hydroxylation is 1. The van der Waals surface area contributed by atoms with Gasteiger partial charge in [-0.2, -0.15) is 0 Å². The van der Waals surface area contributed by atoms with Crippen LogP contribution in [0.2, 0.25) is 0 Å². The Morgan fingerprint density at radius 1 is 1.26 bits per heavy atom. The molecule has 4 aromatic rings. The third-order valence-electron chi connectivity index (χ3n) is 4.13. The molecule has 0 fully saturated rings. The van der Waals surface area contributed by atoms with Crippen LogP contribution in [-0.2, 0) is 6.54 Å². The third kappa shape index (κ3) is 3.13. The zero-order chi connectivity index (χ0) is 19.0. The minimum absolute atomic E-state index is 0.163. The van der Waals surface area contributed by atoms with Gasteiger partial charge in [-0.3, -0.25) is 9.59 Å². The molecule has 9 heteroatoms. The summed E-state index contributed by atoms with van der Waals surface area (Å²) in [7, 11) is 1.65. The smallest absolute Gasteiger partial charge is 0.264 e. The second kappa shape index (κ2) is 6.76. The molecular formula is C18H15N5O3S. The van der Waals surface area contributed by atoms with E-state index in [1.807, 2.05) is 30.3 Å². The first-order valence-corrected chi connectivity index (χ1v) is 8.96. The van der Waals surface area contributed by atoms with Crippen molar-refractivity contribution in [2.45, 2.75) is 13.5 Å². The van der Waals surface area contributed by atoms with E-state index in [0.717, 1.165) is 5.56 Å². The zero-order valence-corrected chi connectivity index (χ0v) is 15.4. The molecule has 0 aliphatic carbocycles. The van der Waals surface area contributed by atoms with Crippen molar-refractivity contribution in [3.63, 3.8) is 0 Å².